The number of hydrogen-bond donors (Lipinski definition) is 3. The maximum atomic E-state index is 12.4. The van der Waals surface area contributed by atoms with Gasteiger partial charge < -0.3 is 15.5 Å². The molecule has 10 heteroatoms. The molecule has 0 saturated heterocycles. The van der Waals surface area contributed by atoms with E-state index in [1.807, 2.05) is 20.8 Å². The summed E-state index contributed by atoms with van der Waals surface area (Å²) in [7, 11) is -3.88. The van der Waals surface area contributed by atoms with Crippen LogP contribution in [0, 0.1) is 0 Å². The van der Waals surface area contributed by atoms with Crippen LogP contribution < -0.4 is 5.32 Å². The molecule has 0 aliphatic carbocycles. The molecule has 3 N–H and O–H groups in total. The van der Waals surface area contributed by atoms with Crippen molar-refractivity contribution >= 4 is 28.0 Å². The van der Waals surface area contributed by atoms with Crippen molar-refractivity contribution < 1.29 is 23.4 Å². The number of nitrogens with one attached hydrogen (secondary N) is 1. The molecule has 0 fully saturated rings. The van der Waals surface area contributed by atoms with E-state index >= 15 is 0 Å². The molecule has 2 aromatic rings. The normalized spacial score (nSPS) is 14.9. The van der Waals surface area contributed by atoms with Crippen LogP contribution in [0.1, 0.15) is 38.3 Å². The number of hydrazone groups is 1. The van der Waals surface area contributed by atoms with Gasteiger partial charge in [-0.2, -0.15) is 13.5 Å². The standard InChI is InChI=1S/C21H24N4O5S/c1-21(2,3)23-18(27)11-12-25(22-13-14-7-6-9-16(26)19(14)28)20-15-8-4-5-10-17(15)31(29,30)24-20/h4-10,13,26,28H,11-12H2,1-3H3,(H,23,27)/b22-13-. The first-order chi connectivity index (χ1) is 14.5. The number of phenolic OH excluding ortho intramolecular Hbond substituents is 2. The molecule has 1 amide bonds. The monoisotopic (exact) mass is 444 g/mol. The molecular weight excluding hydrogens is 420 g/mol. The number of phenols is 2. The largest absolute Gasteiger partial charge is 0.504 e. The first-order valence-corrected chi connectivity index (χ1v) is 11.0. The fraction of sp³-hybridized carbons (Fsp3) is 0.286. The van der Waals surface area contributed by atoms with Crippen molar-refractivity contribution in [1.82, 2.24) is 10.3 Å². The van der Waals surface area contributed by atoms with Gasteiger partial charge in [-0.1, -0.05) is 18.2 Å². The van der Waals surface area contributed by atoms with Crippen LogP contribution in [0.2, 0.25) is 0 Å². The Kier molecular flexibility index (Phi) is 6.03. The molecule has 9 nitrogen and oxygen atoms in total. The van der Waals surface area contributed by atoms with Crippen LogP contribution >= 0.6 is 0 Å². The number of aromatic hydroxyl groups is 2. The number of nitrogens with zero attached hydrogens (tertiary/aromatic N) is 3. The van der Waals surface area contributed by atoms with E-state index < -0.39 is 15.6 Å². The Morgan fingerprint density at radius 1 is 1.16 bits per heavy atom. The van der Waals surface area contributed by atoms with Gasteiger partial charge in [0.1, 0.15) is 4.90 Å². The second kappa shape index (κ2) is 8.38. The number of amides is 1. The number of sulfonamides is 1. The highest BCUT2D eigenvalue weighted by Gasteiger charge is 2.32. The summed E-state index contributed by atoms with van der Waals surface area (Å²) in [5.74, 6) is -0.832. The summed E-state index contributed by atoms with van der Waals surface area (Å²) in [6.07, 6.45) is 1.30. The molecular formula is C21H24N4O5S. The van der Waals surface area contributed by atoms with Gasteiger partial charge in [0.25, 0.3) is 10.0 Å². The van der Waals surface area contributed by atoms with Crippen molar-refractivity contribution in [3.63, 3.8) is 0 Å². The molecule has 2 aromatic carbocycles. The lowest BCUT2D eigenvalue weighted by atomic mass is 10.1. The molecule has 1 heterocycles. The van der Waals surface area contributed by atoms with E-state index in [0.717, 1.165) is 0 Å². The predicted molar refractivity (Wildman–Crippen MR) is 117 cm³/mol. The molecule has 0 aromatic heterocycles. The minimum absolute atomic E-state index is 0.0296. The average molecular weight is 445 g/mol. The third-order valence-corrected chi connectivity index (χ3v) is 5.63. The number of fused-ring (bicyclic) bond motifs is 1. The van der Waals surface area contributed by atoms with Crippen LogP contribution in [0.5, 0.6) is 11.5 Å². The van der Waals surface area contributed by atoms with Crippen molar-refractivity contribution in [3.05, 3.63) is 53.6 Å². The van der Waals surface area contributed by atoms with E-state index in [4.69, 9.17) is 0 Å². The van der Waals surface area contributed by atoms with Gasteiger partial charge >= 0.3 is 0 Å². The zero-order chi connectivity index (χ0) is 22.8. The highest BCUT2D eigenvalue weighted by atomic mass is 32.2. The van der Waals surface area contributed by atoms with E-state index in [-0.39, 0.29) is 46.7 Å². The zero-order valence-electron chi connectivity index (χ0n) is 17.4. The minimum Gasteiger partial charge on any atom is -0.504 e. The summed E-state index contributed by atoms with van der Waals surface area (Å²) in [6.45, 7) is 5.61. The van der Waals surface area contributed by atoms with Crippen molar-refractivity contribution in [1.29, 1.82) is 0 Å². The molecule has 31 heavy (non-hydrogen) atoms. The molecule has 0 atom stereocenters. The Hall–Kier alpha value is -3.40. The Labute approximate surface area is 180 Å². The first-order valence-electron chi connectivity index (χ1n) is 9.56. The van der Waals surface area contributed by atoms with Crippen LogP contribution in [0.15, 0.2) is 56.9 Å². The van der Waals surface area contributed by atoms with Crippen molar-refractivity contribution in [3.8, 4) is 11.5 Å². The molecule has 3 rings (SSSR count). The van der Waals surface area contributed by atoms with Gasteiger partial charge in [0, 0.05) is 23.1 Å². The fourth-order valence-electron chi connectivity index (χ4n) is 2.97. The number of rotatable bonds is 5. The van der Waals surface area contributed by atoms with E-state index in [1.54, 1.807) is 18.2 Å². The zero-order valence-corrected chi connectivity index (χ0v) is 18.2. The second-order valence-electron chi connectivity index (χ2n) is 8.02. The van der Waals surface area contributed by atoms with Crippen molar-refractivity contribution in [2.75, 3.05) is 6.54 Å². The third-order valence-electron chi connectivity index (χ3n) is 4.30. The molecule has 0 saturated carbocycles. The Morgan fingerprint density at radius 2 is 1.87 bits per heavy atom. The molecule has 0 spiro atoms. The topological polar surface area (TPSA) is 132 Å². The summed E-state index contributed by atoms with van der Waals surface area (Å²) < 4.78 is 28.7. The van der Waals surface area contributed by atoms with E-state index in [0.29, 0.717) is 5.56 Å². The lowest BCUT2D eigenvalue weighted by molar-refractivity contribution is -0.122. The summed E-state index contributed by atoms with van der Waals surface area (Å²) in [5.41, 5.74) is 0.175. The SMILES string of the molecule is CC(C)(C)NC(=O)CCN(/N=C\c1cccc(O)c1O)C1=NS(=O)(=O)c2ccccc21. The van der Waals surface area contributed by atoms with Gasteiger partial charge in [-0.3, -0.25) is 4.79 Å². The molecule has 0 bridgehead atoms. The maximum Gasteiger partial charge on any atom is 0.285 e. The quantitative estimate of drug-likeness (QED) is 0.368. The molecule has 164 valence electrons. The summed E-state index contributed by atoms with van der Waals surface area (Å²) >= 11 is 0. The molecule has 0 radical (unpaired) electrons. The van der Waals surface area contributed by atoms with E-state index in [1.165, 1.54) is 35.5 Å². The van der Waals surface area contributed by atoms with Gasteiger partial charge in [-0.25, -0.2) is 5.01 Å². The van der Waals surface area contributed by atoms with Gasteiger partial charge in [-0.15, -0.1) is 4.40 Å². The number of para-hydroxylation sites is 1. The molecule has 1 aliphatic rings. The van der Waals surface area contributed by atoms with Crippen LogP contribution in [0.3, 0.4) is 0 Å². The van der Waals surface area contributed by atoms with Crippen molar-refractivity contribution in [2.45, 2.75) is 37.6 Å². The first kappa shape index (κ1) is 22.3. The smallest absolute Gasteiger partial charge is 0.285 e. The Morgan fingerprint density at radius 3 is 2.58 bits per heavy atom. The number of benzene rings is 2. The van der Waals surface area contributed by atoms with Crippen LogP contribution in [0.4, 0.5) is 0 Å². The fourth-order valence-corrected chi connectivity index (χ4v) is 4.17. The highest BCUT2D eigenvalue weighted by Crippen LogP contribution is 2.29. The number of amidine groups is 1. The lowest BCUT2D eigenvalue weighted by Gasteiger charge is -2.22. The van der Waals surface area contributed by atoms with Gasteiger partial charge in [0.05, 0.1) is 12.8 Å². The average Bonchev–Trinajstić information content (AvgIpc) is 2.95. The lowest BCUT2D eigenvalue weighted by Crippen LogP contribution is -2.42. The number of carbonyl (C=O) groups is 1. The number of hydrogen-bond acceptors (Lipinski definition) is 7. The van der Waals surface area contributed by atoms with Gasteiger partial charge in [-0.05, 0) is 45.0 Å². The third kappa shape index (κ3) is 5.21. The molecule has 1 aliphatic heterocycles. The highest BCUT2D eigenvalue weighted by molar-refractivity contribution is 7.90. The van der Waals surface area contributed by atoms with Gasteiger partial charge in [0.15, 0.2) is 17.3 Å². The van der Waals surface area contributed by atoms with Crippen molar-refractivity contribution in [2.24, 2.45) is 9.50 Å². The van der Waals surface area contributed by atoms with Crippen LogP contribution in [-0.4, -0.2) is 53.7 Å². The van der Waals surface area contributed by atoms with E-state index in [9.17, 15) is 23.4 Å². The summed E-state index contributed by atoms with van der Waals surface area (Å²) in [5, 5.41) is 28.1. The maximum absolute atomic E-state index is 12.4. The number of carbonyl (C=O) groups excluding carboxylic acids is 1. The van der Waals surface area contributed by atoms with Crippen LogP contribution in [-0.2, 0) is 14.8 Å². The summed E-state index contributed by atoms with van der Waals surface area (Å²) in [6, 6.07) is 10.7. The van der Waals surface area contributed by atoms with E-state index in [2.05, 4.69) is 14.8 Å². The summed E-state index contributed by atoms with van der Waals surface area (Å²) in [4.78, 5) is 12.4. The van der Waals surface area contributed by atoms with Crippen LogP contribution in [0.25, 0.3) is 0 Å². The Bertz CT molecular complexity index is 1170. The minimum atomic E-state index is -3.88. The second-order valence-corrected chi connectivity index (χ2v) is 9.59. The van der Waals surface area contributed by atoms with Gasteiger partial charge in [0.2, 0.25) is 5.91 Å². The Balaban J connectivity index is 1.94. The predicted octanol–water partition coefficient (Wildman–Crippen LogP) is 2.19. The molecule has 0 unspecified atom stereocenters.